The quantitative estimate of drug-likeness (QED) is 0.298. The Morgan fingerprint density at radius 2 is 1.95 bits per heavy atom. The lowest BCUT2D eigenvalue weighted by molar-refractivity contribution is -0.384. The largest absolute Gasteiger partial charge is 0.395 e. The van der Waals surface area contributed by atoms with Crippen LogP contribution in [0, 0.1) is 10.1 Å². The molecule has 1 aromatic carbocycles. The summed E-state index contributed by atoms with van der Waals surface area (Å²) in [5, 5.41) is 41.4. The lowest BCUT2D eigenvalue weighted by atomic mass is 10.2. The highest BCUT2D eigenvalue weighted by Crippen LogP contribution is 2.30. The van der Waals surface area contributed by atoms with E-state index in [4.69, 9.17) is 10.2 Å². The van der Waals surface area contributed by atoms with Crippen LogP contribution in [0.3, 0.4) is 0 Å². The monoisotopic (exact) mass is 299 g/mol. The third-order valence-electron chi connectivity index (χ3n) is 2.99. The maximum Gasteiger partial charge on any atom is 0.294 e. The molecule has 8 nitrogen and oxygen atoms in total. The van der Waals surface area contributed by atoms with Gasteiger partial charge in [0.15, 0.2) is 0 Å². The zero-order valence-corrected chi connectivity index (χ0v) is 11.9. The summed E-state index contributed by atoms with van der Waals surface area (Å²) in [6, 6.07) is 4.51. The second-order valence-electron chi connectivity index (χ2n) is 4.46. The molecule has 8 heteroatoms. The van der Waals surface area contributed by atoms with Crippen LogP contribution in [0.1, 0.15) is 13.3 Å². The summed E-state index contributed by atoms with van der Waals surface area (Å²) < 4.78 is 0. The molecule has 1 aromatic rings. The predicted octanol–water partition coefficient (Wildman–Crippen LogP) is 0.526. The van der Waals surface area contributed by atoms with Crippen LogP contribution in [0.2, 0.25) is 0 Å². The van der Waals surface area contributed by atoms with Crippen molar-refractivity contribution in [3.8, 4) is 0 Å². The molecule has 118 valence electrons. The van der Waals surface area contributed by atoms with Crippen LogP contribution in [0.4, 0.5) is 17.1 Å². The normalized spacial score (nSPS) is 12.0. The molecule has 1 atom stereocenters. The van der Waals surface area contributed by atoms with Crippen LogP contribution in [0.15, 0.2) is 18.2 Å². The summed E-state index contributed by atoms with van der Waals surface area (Å²) in [5.41, 5.74) is 0.591. The molecule has 0 spiro atoms. The first kappa shape index (κ1) is 17.2. The minimum absolute atomic E-state index is 0.123. The molecule has 0 radical (unpaired) electrons. The minimum atomic E-state index is -0.861. The maximum atomic E-state index is 11.1. The van der Waals surface area contributed by atoms with Crippen LogP contribution in [0.5, 0.6) is 0 Å². The molecule has 0 aliphatic heterocycles. The number of hydrogen-bond donors (Lipinski definition) is 4. The van der Waals surface area contributed by atoms with Gasteiger partial charge < -0.3 is 25.5 Å². The van der Waals surface area contributed by atoms with Crippen molar-refractivity contribution in [2.45, 2.75) is 19.6 Å². The standard InChI is InChI=1S/C13H21N3O5/c1-2-13(19)14-11-4-3-10(9-12(11)16(20)21)15(5-7-17)6-8-18/h3-4,9,13-14,17-19H,2,5-8H2,1H3. The second kappa shape index (κ2) is 8.40. The average molecular weight is 299 g/mol. The number of aliphatic hydroxyl groups excluding tert-OH is 3. The fraction of sp³-hybridized carbons (Fsp3) is 0.538. The molecule has 0 amide bonds. The second-order valence-corrected chi connectivity index (χ2v) is 4.46. The number of anilines is 2. The van der Waals surface area contributed by atoms with Crippen molar-refractivity contribution in [2.24, 2.45) is 0 Å². The van der Waals surface area contributed by atoms with Gasteiger partial charge in [0.05, 0.1) is 18.1 Å². The first-order valence-corrected chi connectivity index (χ1v) is 6.73. The zero-order chi connectivity index (χ0) is 15.8. The minimum Gasteiger partial charge on any atom is -0.395 e. The summed E-state index contributed by atoms with van der Waals surface area (Å²) in [6.07, 6.45) is -0.444. The SMILES string of the molecule is CCC(O)Nc1ccc(N(CCO)CCO)cc1[N+](=O)[O-]. The van der Waals surface area contributed by atoms with Gasteiger partial charge >= 0.3 is 0 Å². The maximum absolute atomic E-state index is 11.1. The molecule has 21 heavy (non-hydrogen) atoms. The topological polar surface area (TPSA) is 119 Å². The van der Waals surface area contributed by atoms with Gasteiger partial charge in [-0.15, -0.1) is 0 Å². The molecule has 1 unspecified atom stereocenters. The molecule has 0 saturated carbocycles. The number of nitro benzene ring substituents is 1. The van der Waals surface area contributed by atoms with Crippen molar-refractivity contribution in [3.63, 3.8) is 0 Å². The highest BCUT2D eigenvalue weighted by Gasteiger charge is 2.18. The van der Waals surface area contributed by atoms with Gasteiger partial charge in [0.1, 0.15) is 11.9 Å². The fourth-order valence-electron chi connectivity index (χ4n) is 1.88. The van der Waals surface area contributed by atoms with E-state index in [0.717, 1.165) is 0 Å². The van der Waals surface area contributed by atoms with E-state index in [1.165, 1.54) is 12.1 Å². The summed E-state index contributed by atoms with van der Waals surface area (Å²) in [4.78, 5) is 12.3. The molecule has 0 heterocycles. The van der Waals surface area contributed by atoms with E-state index in [-0.39, 0.29) is 37.7 Å². The highest BCUT2D eigenvalue weighted by molar-refractivity contribution is 5.68. The molecular weight excluding hydrogens is 278 g/mol. The molecule has 0 aliphatic rings. The highest BCUT2D eigenvalue weighted by atomic mass is 16.6. The molecule has 0 aromatic heterocycles. The van der Waals surface area contributed by atoms with Gasteiger partial charge in [0.25, 0.3) is 5.69 Å². The molecule has 4 N–H and O–H groups in total. The number of benzene rings is 1. The van der Waals surface area contributed by atoms with Crippen molar-refractivity contribution in [1.29, 1.82) is 0 Å². The Morgan fingerprint density at radius 3 is 2.43 bits per heavy atom. The van der Waals surface area contributed by atoms with Gasteiger partial charge in [-0.2, -0.15) is 0 Å². The van der Waals surface area contributed by atoms with Gasteiger partial charge in [0, 0.05) is 24.8 Å². The van der Waals surface area contributed by atoms with Crippen molar-refractivity contribution in [1.82, 2.24) is 0 Å². The van der Waals surface area contributed by atoms with Gasteiger partial charge in [-0.25, -0.2) is 0 Å². The number of hydrogen-bond acceptors (Lipinski definition) is 7. The molecule has 0 fully saturated rings. The van der Waals surface area contributed by atoms with E-state index < -0.39 is 11.2 Å². The lowest BCUT2D eigenvalue weighted by Gasteiger charge is -2.23. The summed E-state index contributed by atoms with van der Waals surface area (Å²) >= 11 is 0. The van der Waals surface area contributed by atoms with E-state index in [2.05, 4.69) is 5.32 Å². The number of aliphatic hydroxyl groups is 3. The Morgan fingerprint density at radius 1 is 1.33 bits per heavy atom. The van der Waals surface area contributed by atoms with Crippen LogP contribution in [0.25, 0.3) is 0 Å². The van der Waals surface area contributed by atoms with Gasteiger partial charge in [-0.1, -0.05) is 6.92 Å². The molecule has 0 saturated heterocycles. The fourth-order valence-corrected chi connectivity index (χ4v) is 1.88. The first-order valence-electron chi connectivity index (χ1n) is 6.73. The van der Waals surface area contributed by atoms with Gasteiger partial charge in [-0.05, 0) is 18.6 Å². The van der Waals surface area contributed by atoms with E-state index in [1.54, 1.807) is 17.9 Å². The number of nitro groups is 1. The Bertz CT molecular complexity index is 463. The van der Waals surface area contributed by atoms with Crippen molar-refractivity contribution in [2.75, 3.05) is 36.5 Å². The van der Waals surface area contributed by atoms with E-state index in [9.17, 15) is 15.2 Å². The Labute approximate surface area is 122 Å². The Balaban J connectivity index is 3.09. The summed E-state index contributed by atoms with van der Waals surface area (Å²) in [5.74, 6) is 0. The Kier molecular flexibility index (Phi) is 6.86. The number of nitrogens with one attached hydrogen (secondary N) is 1. The average Bonchev–Trinajstić information content (AvgIpc) is 2.47. The number of rotatable bonds is 9. The summed E-state index contributed by atoms with van der Waals surface area (Å²) in [6.45, 7) is 2.04. The van der Waals surface area contributed by atoms with Gasteiger partial charge in [0.2, 0.25) is 0 Å². The number of nitrogens with zero attached hydrogens (tertiary/aromatic N) is 2. The Hall–Kier alpha value is -1.90. The van der Waals surface area contributed by atoms with Crippen LogP contribution in [-0.4, -0.2) is 52.8 Å². The van der Waals surface area contributed by atoms with Crippen LogP contribution in [-0.2, 0) is 0 Å². The molecular formula is C13H21N3O5. The lowest BCUT2D eigenvalue weighted by Crippen LogP contribution is -2.29. The van der Waals surface area contributed by atoms with Crippen LogP contribution >= 0.6 is 0 Å². The molecule has 1 rings (SSSR count). The first-order chi connectivity index (χ1) is 10.0. The van der Waals surface area contributed by atoms with E-state index >= 15 is 0 Å². The molecule has 0 bridgehead atoms. The smallest absolute Gasteiger partial charge is 0.294 e. The zero-order valence-electron chi connectivity index (χ0n) is 11.9. The third-order valence-corrected chi connectivity index (χ3v) is 2.99. The molecule has 0 aliphatic carbocycles. The van der Waals surface area contributed by atoms with E-state index in [1.807, 2.05) is 0 Å². The summed E-state index contributed by atoms with van der Waals surface area (Å²) in [7, 11) is 0. The van der Waals surface area contributed by atoms with Crippen LogP contribution < -0.4 is 10.2 Å². The predicted molar refractivity (Wildman–Crippen MR) is 79.4 cm³/mol. The van der Waals surface area contributed by atoms with Crippen molar-refractivity contribution in [3.05, 3.63) is 28.3 Å². The van der Waals surface area contributed by atoms with E-state index in [0.29, 0.717) is 12.1 Å². The third kappa shape index (κ3) is 4.85. The van der Waals surface area contributed by atoms with Crippen molar-refractivity contribution >= 4 is 17.1 Å². The van der Waals surface area contributed by atoms with Gasteiger partial charge in [-0.3, -0.25) is 10.1 Å². The van der Waals surface area contributed by atoms with Crippen molar-refractivity contribution < 1.29 is 20.2 Å².